The van der Waals surface area contributed by atoms with Crippen LogP contribution in [0, 0.1) is 0 Å². The summed E-state index contributed by atoms with van der Waals surface area (Å²) in [5.41, 5.74) is 0. The zero-order chi connectivity index (χ0) is 39.3. The summed E-state index contributed by atoms with van der Waals surface area (Å²) in [4.78, 5) is 1.99. The van der Waals surface area contributed by atoms with Gasteiger partial charge in [0.25, 0.3) is 5.17 Å². The summed E-state index contributed by atoms with van der Waals surface area (Å²) in [6.45, 7) is 9.33. The van der Waals surface area contributed by atoms with Gasteiger partial charge in [0.1, 0.15) is 12.7 Å². The van der Waals surface area contributed by atoms with Crippen LogP contribution in [0.1, 0.15) is 194 Å². The standard InChI is InChI=1S/C46H90N2O5S/c1-3-5-7-9-11-13-15-17-19-21-23-25-27-29-31-33-41-51-43-45(44-53-46(54)47-35-36-48(37-39-49)38-40-50)52-42-34-32-30-28-26-24-22-20-18-16-14-12-10-8-6-4-2/h17-20,45,49-50H,3-16,21-44H2,1-2H3,(H,47,54). The zero-order valence-electron chi connectivity index (χ0n) is 35.7. The van der Waals surface area contributed by atoms with Crippen LogP contribution in [0.3, 0.4) is 0 Å². The van der Waals surface area contributed by atoms with Gasteiger partial charge in [0.05, 0.1) is 19.8 Å². The molecule has 0 fully saturated rings. The van der Waals surface area contributed by atoms with Crippen molar-refractivity contribution < 1.29 is 24.4 Å². The van der Waals surface area contributed by atoms with E-state index in [0.29, 0.717) is 51.2 Å². The summed E-state index contributed by atoms with van der Waals surface area (Å²) in [6.07, 6.45) is 45.8. The number of nitrogens with zero attached hydrogens (tertiary/aromatic N) is 1. The summed E-state index contributed by atoms with van der Waals surface area (Å²) in [7, 11) is 0. The fourth-order valence-corrected chi connectivity index (χ4v) is 6.73. The van der Waals surface area contributed by atoms with E-state index in [-0.39, 0.29) is 19.3 Å². The molecule has 0 bridgehead atoms. The van der Waals surface area contributed by atoms with Crippen molar-refractivity contribution in [2.45, 2.75) is 200 Å². The normalized spacial score (nSPS) is 12.5. The van der Waals surface area contributed by atoms with Crippen molar-refractivity contribution in [3.63, 3.8) is 0 Å². The Morgan fingerprint density at radius 3 is 1.39 bits per heavy atom. The average molecular weight is 783 g/mol. The predicted molar refractivity (Wildman–Crippen MR) is 237 cm³/mol. The maximum absolute atomic E-state index is 9.23. The van der Waals surface area contributed by atoms with E-state index in [4.69, 9.17) is 26.4 Å². The Hall–Kier alpha value is -1.03. The van der Waals surface area contributed by atoms with Gasteiger partial charge in [-0.15, -0.1) is 0 Å². The maximum Gasteiger partial charge on any atom is 0.256 e. The van der Waals surface area contributed by atoms with Gasteiger partial charge in [-0.3, -0.25) is 4.90 Å². The fraction of sp³-hybridized carbons (Fsp3) is 0.891. The molecule has 0 heterocycles. The largest absolute Gasteiger partial charge is 0.468 e. The molecule has 0 spiro atoms. The van der Waals surface area contributed by atoms with Crippen molar-refractivity contribution in [1.82, 2.24) is 10.2 Å². The number of rotatable bonds is 44. The third kappa shape index (κ3) is 42.1. The van der Waals surface area contributed by atoms with E-state index < -0.39 is 0 Å². The molecule has 320 valence electrons. The van der Waals surface area contributed by atoms with E-state index in [0.717, 1.165) is 19.4 Å². The van der Waals surface area contributed by atoms with Gasteiger partial charge in [-0.1, -0.05) is 154 Å². The highest BCUT2D eigenvalue weighted by Gasteiger charge is 2.12. The number of hydrogen-bond acceptors (Lipinski definition) is 7. The maximum atomic E-state index is 9.23. The van der Waals surface area contributed by atoms with Gasteiger partial charge >= 0.3 is 0 Å². The Morgan fingerprint density at radius 1 is 0.537 bits per heavy atom. The van der Waals surface area contributed by atoms with Crippen molar-refractivity contribution >= 4 is 17.4 Å². The first-order chi connectivity index (χ1) is 26.7. The predicted octanol–water partition coefficient (Wildman–Crippen LogP) is 11.6. The van der Waals surface area contributed by atoms with E-state index in [2.05, 4.69) is 43.5 Å². The lowest BCUT2D eigenvalue weighted by Gasteiger charge is -2.22. The lowest BCUT2D eigenvalue weighted by molar-refractivity contribution is -0.0412. The molecule has 1 atom stereocenters. The Balaban J connectivity index is 4.15. The number of ether oxygens (including phenoxy) is 3. The minimum Gasteiger partial charge on any atom is -0.468 e. The van der Waals surface area contributed by atoms with Crippen molar-refractivity contribution in [1.29, 1.82) is 0 Å². The quantitative estimate of drug-likeness (QED) is 0.0320. The van der Waals surface area contributed by atoms with Crippen LogP contribution < -0.4 is 5.32 Å². The van der Waals surface area contributed by atoms with E-state index in [9.17, 15) is 10.2 Å². The van der Waals surface area contributed by atoms with Gasteiger partial charge in [-0.05, 0) is 76.4 Å². The third-order valence-electron chi connectivity index (χ3n) is 10.0. The van der Waals surface area contributed by atoms with Crippen LogP contribution in [-0.2, 0) is 14.2 Å². The molecule has 54 heavy (non-hydrogen) atoms. The molecule has 0 rings (SSSR count). The summed E-state index contributed by atoms with van der Waals surface area (Å²) in [6, 6.07) is 0. The van der Waals surface area contributed by atoms with Gasteiger partial charge in [-0.2, -0.15) is 0 Å². The van der Waals surface area contributed by atoms with Crippen LogP contribution in [0.5, 0.6) is 0 Å². The summed E-state index contributed by atoms with van der Waals surface area (Å²) in [5.74, 6) is 0. The highest BCUT2D eigenvalue weighted by Crippen LogP contribution is 2.12. The van der Waals surface area contributed by atoms with Crippen molar-refractivity contribution in [3.05, 3.63) is 24.3 Å². The third-order valence-corrected chi connectivity index (χ3v) is 10.3. The van der Waals surface area contributed by atoms with Gasteiger partial charge in [-0.25, -0.2) is 0 Å². The van der Waals surface area contributed by atoms with E-state index in [1.807, 2.05) is 4.90 Å². The molecule has 3 N–H and O–H groups in total. The molecule has 0 aliphatic carbocycles. The molecule has 0 radical (unpaired) electrons. The SMILES string of the molecule is CCCCCCCCC=CCCCCCCCCOCC(COC(=S)NCCN(CCO)CCO)OCCCCCCCCC=CCCCCCCCC. The second-order valence-electron chi connectivity index (χ2n) is 15.3. The van der Waals surface area contributed by atoms with Crippen LogP contribution in [0.25, 0.3) is 0 Å². The number of aliphatic hydroxyl groups excluding tert-OH is 2. The Kier molecular flexibility index (Phi) is 45.5. The first kappa shape index (κ1) is 53.0. The fourth-order valence-electron chi connectivity index (χ4n) is 6.56. The molecule has 0 aliphatic heterocycles. The summed E-state index contributed by atoms with van der Waals surface area (Å²) in [5, 5.41) is 21.9. The van der Waals surface area contributed by atoms with Crippen molar-refractivity contribution in [3.8, 4) is 0 Å². The van der Waals surface area contributed by atoms with Gasteiger partial charge < -0.3 is 29.7 Å². The second-order valence-corrected chi connectivity index (χ2v) is 15.6. The molecular weight excluding hydrogens is 693 g/mol. The molecule has 1 unspecified atom stereocenters. The van der Waals surface area contributed by atoms with E-state index >= 15 is 0 Å². The van der Waals surface area contributed by atoms with Crippen molar-refractivity contribution in [2.24, 2.45) is 0 Å². The number of unbranched alkanes of at least 4 members (excludes halogenated alkanes) is 24. The zero-order valence-corrected chi connectivity index (χ0v) is 36.5. The average Bonchev–Trinajstić information content (AvgIpc) is 3.17. The minimum atomic E-state index is -0.151. The molecule has 0 aliphatic rings. The Morgan fingerprint density at radius 2 is 0.944 bits per heavy atom. The summed E-state index contributed by atoms with van der Waals surface area (Å²) < 4.78 is 18.2. The van der Waals surface area contributed by atoms with E-state index in [1.54, 1.807) is 0 Å². The first-order valence-electron chi connectivity index (χ1n) is 23.0. The Labute approximate surface area is 340 Å². The number of hydrogen-bond donors (Lipinski definition) is 3. The number of allylic oxidation sites excluding steroid dienone is 4. The smallest absolute Gasteiger partial charge is 0.256 e. The first-order valence-corrected chi connectivity index (χ1v) is 23.4. The number of aliphatic hydroxyl groups is 2. The number of thiocarbonyl (C=S) groups is 1. The van der Waals surface area contributed by atoms with Crippen molar-refractivity contribution in [2.75, 3.05) is 65.8 Å². The van der Waals surface area contributed by atoms with E-state index in [1.165, 1.54) is 167 Å². The lowest BCUT2D eigenvalue weighted by Crippen LogP contribution is -2.39. The molecule has 0 aromatic heterocycles. The minimum absolute atomic E-state index is 0.0637. The highest BCUT2D eigenvalue weighted by atomic mass is 32.1. The van der Waals surface area contributed by atoms with Gasteiger partial charge in [0, 0.05) is 39.4 Å². The molecule has 0 aromatic carbocycles. The van der Waals surface area contributed by atoms with Gasteiger partial charge in [0.2, 0.25) is 0 Å². The van der Waals surface area contributed by atoms with Crippen LogP contribution >= 0.6 is 12.2 Å². The van der Waals surface area contributed by atoms with Crippen LogP contribution in [0.2, 0.25) is 0 Å². The van der Waals surface area contributed by atoms with Crippen LogP contribution in [0.4, 0.5) is 0 Å². The molecule has 0 saturated heterocycles. The molecule has 0 amide bonds. The Bertz CT molecular complexity index is 793. The highest BCUT2D eigenvalue weighted by molar-refractivity contribution is 7.80. The molecular formula is C46H90N2O5S. The second kappa shape index (κ2) is 46.4. The monoisotopic (exact) mass is 783 g/mol. The van der Waals surface area contributed by atoms with Gasteiger partial charge in [0.15, 0.2) is 0 Å². The summed E-state index contributed by atoms with van der Waals surface area (Å²) >= 11 is 5.42. The topological polar surface area (TPSA) is 83.4 Å². The molecule has 7 nitrogen and oxygen atoms in total. The molecule has 8 heteroatoms. The lowest BCUT2D eigenvalue weighted by atomic mass is 10.1. The number of nitrogens with one attached hydrogen (secondary N) is 1. The van der Waals surface area contributed by atoms with Crippen LogP contribution in [-0.4, -0.2) is 92.2 Å². The molecule has 0 aromatic rings. The van der Waals surface area contributed by atoms with Crippen LogP contribution in [0.15, 0.2) is 24.3 Å². The molecule has 0 saturated carbocycles.